The van der Waals surface area contributed by atoms with E-state index in [1.54, 1.807) is 24.5 Å². The quantitative estimate of drug-likeness (QED) is 0.700. The van der Waals surface area contributed by atoms with Crippen molar-refractivity contribution >= 4 is 11.7 Å². The topological polar surface area (TPSA) is 85.4 Å². The highest BCUT2D eigenvalue weighted by atomic mass is 16.6. The Labute approximate surface area is 153 Å². The predicted octanol–water partition coefficient (Wildman–Crippen LogP) is 1.67. The number of rotatable bonds is 8. The van der Waals surface area contributed by atoms with Gasteiger partial charge in [-0.25, -0.2) is 4.98 Å². The number of nitrogens with one attached hydrogen (secondary N) is 2. The summed E-state index contributed by atoms with van der Waals surface area (Å²) in [4.78, 5) is 20.7. The fraction of sp³-hybridized carbons (Fsp3) is 0.421. The normalized spacial score (nSPS) is 16.8. The molecule has 1 aliphatic rings. The average Bonchev–Trinajstić information content (AvgIpc) is 2.71. The molecule has 1 saturated heterocycles. The van der Waals surface area contributed by atoms with Crippen LogP contribution in [0.5, 0.6) is 0 Å². The highest BCUT2D eigenvalue weighted by molar-refractivity contribution is 5.94. The molecule has 138 valence electrons. The molecule has 0 unspecified atom stereocenters. The van der Waals surface area contributed by atoms with Gasteiger partial charge in [0.15, 0.2) is 0 Å². The first kappa shape index (κ1) is 18.3. The van der Waals surface area contributed by atoms with Crippen LogP contribution in [-0.4, -0.2) is 54.9 Å². The van der Waals surface area contributed by atoms with Gasteiger partial charge in [-0.15, -0.1) is 0 Å². The lowest BCUT2D eigenvalue weighted by molar-refractivity contribution is -0.0819. The van der Waals surface area contributed by atoms with Crippen LogP contribution in [-0.2, 0) is 15.9 Å². The van der Waals surface area contributed by atoms with Crippen molar-refractivity contribution in [3.63, 3.8) is 0 Å². The van der Waals surface area contributed by atoms with Crippen molar-refractivity contribution in [1.29, 1.82) is 0 Å². The van der Waals surface area contributed by atoms with E-state index in [0.717, 1.165) is 18.5 Å². The third-order valence-electron chi connectivity index (χ3n) is 4.04. The molecule has 3 rings (SSSR count). The summed E-state index contributed by atoms with van der Waals surface area (Å²) >= 11 is 0. The largest absolute Gasteiger partial charge is 0.376 e. The molecule has 1 amide bonds. The Bertz CT molecular complexity index is 673. The van der Waals surface area contributed by atoms with Crippen molar-refractivity contribution in [1.82, 2.24) is 15.3 Å². The minimum atomic E-state index is -0.117. The van der Waals surface area contributed by atoms with Gasteiger partial charge >= 0.3 is 0 Å². The summed E-state index contributed by atoms with van der Waals surface area (Å²) in [6.07, 6.45) is 5.08. The molecular weight excluding hydrogens is 332 g/mol. The van der Waals surface area contributed by atoms with Crippen molar-refractivity contribution < 1.29 is 14.3 Å². The van der Waals surface area contributed by atoms with Crippen LogP contribution >= 0.6 is 0 Å². The number of hydrogen-bond donors (Lipinski definition) is 2. The molecule has 7 nitrogen and oxygen atoms in total. The summed E-state index contributed by atoms with van der Waals surface area (Å²) in [7, 11) is 0. The van der Waals surface area contributed by atoms with Gasteiger partial charge in [0, 0.05) is 31.2 Å². The molecule has 1 atom stereocenters. The first-order valence-electron chi connectivity index (χ1n) is 8.88. The van der Waals surface area contributed by atoms with E-state index in [2.05, 4.69) is 20.6 Å². The first-order valence-corrected chi connectivity index (χ1v) is 8.88. The summed E-state index contributed by atoms with van der Waals surface area (Å²) in [5, 5.41) is 6.10. The van der Waals surface area contributed by atoms with Crippen LogP contribution in [0.2, 0.25) is 0 Å². The maximum atomic E-state index is 12.1. The van der Waals surface area contributed by atoms with Crippen LogP contribution < -0.4 is 10.6 Å². The van der Waals surface area contributed by atoms with E-state index in [1.165, 1.54) is 0 Å². The monoisotopic (exact) mass is 356 g/mol. The minimum absolute atomic E-state index is 0.0348. The van der Waals surface area contributed by atoms with Gasteiger partial charge in [0.25, 0.3) is 5.91 Å². The van der Waals surface area contributed by atoms with E-state index >= 15 is 0 Å². The van der Waals surface area contributed by atoms with E-state index < -0.39 is 0 Å². The van der Waals surface area contributed by atoms with E-state index in [9.17, 15) is 4.79 Å². The number of ether oxygens (including phenoxy) is 2. The van der Waals surface area contributed by atoms with Gasteiger partial charge in [0.05, 0.1) is 31.5 Å². The van der Waals surface area contributed by atoms with Crippen molar-refractivity contribution in [2.75, 3.05) is 38.2 Å². The number of pyridine rings is 2. The third-order valence-corrected chi connectivity index (χ3v) is 4.04. The number of amides is 1. The van der Waals surface area contributed by atoms with Crippen molar-refractivity contribution in [2.24, 2.45) is 0 Å². The zero-order valence-corrected chi connectivity index (χ0v) is 14.7. The molecule has 26 heavy (non-hydrogen) atoms. The van der Waals surface area contributed by atoms with Crippen LogP contribution in [0.4, 0.5) is 5.82 Å². The number of anilines is 1. The summed E-state index contributed by atoms with van der Waals surface area (Å²) in [5.41, 5.74) is 1.58. The Morgan fingerprint density at radius 2 is 2.15 bits per heavy atom. The van der Waals surface area contributed by atoms with Gasteiger partial charge in [-0.2, -0.15) is 0 Å². The average molecular weight is 356 g/mol. The molecule has 1 aliphatic heterocycles. The molecule has 2 aromatic heterocycles. The zero-order chi connectivity index (χ0) is 18.0. The second-order valence-electron chi connectivity index (χ2n) is 6.06. The highest BCUT2D eigenvalue weighted by Gasteiger charge is 2.14. The number of carbonyl (C=O) groups is 1. The number of aryl methyl sites for hydroxylation is 1. The molecule has 2 aromatic rings. The van der Waals surface area contributed by atoms with E-state index in [-0.39, 0.29) is 12.0 Å². The smallest absolute Gasteiger partial charge is 0.252 e. The third kappa shape index (κ3) is 5.79. The number of aromatic nitrogens is 2. The molecule has 7 heteroatoms. The summed E-state index contributed by atoms with van der Waals surface area (Å²) in [6, 6.07) is 9.42. The number of hydrogen-bond acceptors (Lipinski definition) is 6. The Morgan fingerprint density at radius 3 is 2.88 bits per heavy atom. The molecule has 0 radical (unpaired) electrons. The van der Waals surface area contributed by atoms with Gasteiger partial charge in [-0.1, -0.05) is 6.07 Å². The number of carbonyl (C=O) groups excluding carboxylic acids is 1. The second-order valence-corrected chi connectivity index (χ2v) is 6.06. The summed E-state index contributed by atoms with van der Waals surface area (Å²) in [6.45, 7) is 3.10. The first-order chi connectivity index (χ1) is 12.8. The van der Waals surface area contributed by atoms with Gasteiger partial charge < -0.3 is 20.1 Å². The van der Waals surface area contributed by atoms with Crippen molar-refractivity contribution in [3.8, 4) is 0 Å². The highest BCUT2D eigenvalue weighted by Crippen LogP contribution is 2.07. The van der Waals surface area contributed by atoms with Gasteiger partial charge in [-0.3, -0.25) is 9.78 Å². The van der Waals surface area contributed by atoms with Crippen LogP contribution in [0.3, 0.4) is 0 Å². The summed E-state index contributed by atoms with van der Waals surface area (Å²) < 4.78 is 10.9. The zero-order valence-electron chi connectivity index (χ0n) is 14.7. The van der Waals surface area contributed by atoms with E-state index in [0.29, 0.717) is 44.3 Å². The van der Waals surface area contributed by atoms with E-state index in [1.807, 2.05) is 18.2 Å². The second kappa shape index (κ2) is 9.84. The van der Waals surface area contributed by atoms with Gasteiger partial charge in [0.1, 0.15) is 5.82 Å². The lowest BCUT2D eigenvalue weighted by Crippen LogP contribution is -2.34. The Morgan fingerprint density at radius 1 is 1.19 bits per heavy atom. The molecular formula is C19H24N4O3. The number of nitrogens with zero attached hydrogens (tertiary/aromatic N) is 2. The Hall–Kier alpha value is -2.51. The van der Waals surface area contributed by atoms with E-state index in [4.69, 9.17) is 9.47 Å². The van der Waals surface area contributed by atoms with Crippen LogP contribution in [0, 0.1) is 0 Å². The van der Waals surface area contributed by atoms with Crippen molar-refractivity contribution in [2.45, 2.75) is 18.9 Å². The standard InChI is InChI=1S/C19H24N4O3/c24-19(21-9-3-5-16-4-1-2-8-20-16)15-6-7-18(22-12-15)23-13-17-14-25-10-11-26-17/h1-2,4,6-8,12,17H,3,5,9-11,13-14H2,(H,21,24)(H,22,23)/t17-/m0/s1. The molecule has 0 saturated carbocycles. The maximum Gasteiger partial charge on any atom is 0.252 e. The SMILES string of the molecule is O=C(NCCCc1ccccn1)c1ccc(NC[C@H]2COCCO2)nc1. The predicted molar refractivity (Wildman–Crippen MR) is 98.2 cm³/mol. The molecule has 3 heterocycles. The molecule has 0 aromatic carbocycles. The maximum absolute atomic E-state index is 12.1. The van der Waals surface area contributed by atoms with Gasteiger partial charge in [0.2, 0.25) is 0 Å². The minimum Gasteiger partial charge on any atom is -0.376 e. The van der Waals surface area contributed by atoms with Crippen LogP contribution in [0.15, 0.2) is 42.7 Å². The summed E-state index contributed by atoms with van der Waals surface area (Å²) in [5.74, 6) is 0.597. The Kier molecular flexibility index (Phi) is 6.92. The van der Waals surface area contributed by atoms with Gasteiger partial charge in [-0.05, 0) is 37.1 Å². The molecule has 2 N–H and O–H groups in total. The lowest BCUT2D eigenvalue weighted by Gasteiger charge is -2.23. The van der Waals surface area contributed by atoms with Crippen molar-refractivity contribution in [3.05, 3.63) is 54.0 Å². The molecule has 0 aliphatic carbocycles. The molecule has 0 bridgehead atoms. The van der Waals surface area contributed by atoms with Crippen LogP contribution in [0.25, 0.3) is 0 Å². The lowest BCUT2D eigenvalue weighted by atomic mass is 10.2. The molecule has 0 spiro atoms. The fourth-order valence-electron chi connectivity index (χ4n) is 2.63. The molecule has 1 fully saturated rings. The fourth-order valence-corrected chi connectivity index (χ4v) is 2.63. The van der Waals surface area contributed by atoms with Crippen LogP contribution in [0.1, 0.15) is 22.5 Å². The Balaban J connectivity index is 1.37.